The third-order valence-electron chi connectivity index (χ3n) is 5.10. The summed E-state index contributed by atoms with van der Waals surface area (Å²) < 4.78 is 17.9. The maximum atomic E-state index is 12.4. The summed E-state index contributed by atoms with van der Waals surface area (Å²) in [6.07, 6.45) is 2.40. The monoisotopic (exact) mass is 437 g/mol. The summed E-state index contributed by atoms with van der Waals surface area (Å²) in [4.78, 5) is 12.4. The van der Waals surface area contributed by atoms with E-state index < -0.39 is 0 Å². The van der Waals surface area contributed by atoms with Crippen LogP contribution in [0.4, 0.5) is 0 Å². The van der Waals surface area contributed by atoms with Crippen LogP contribution in [0.2, 0.25) is 0 Å². The molecule has 2 aromatic carbocycles. The van der Waals surface area contributed by atoms with Crippen molar-refractivity contribution in [3.8, 4) is 17.2 Å². The van der Waals surface area contributed by atoms with Crippen LogP contribution in [0.5, 0.6) is 17.2 Å². The number of aromatic nitrogens is 2. The summed E-state index contributed by atoms with van der Waals surface area (Å²) in [5, 5.41) is 7.19. The average Bonchev–Trinajstić information content (AvgIpc) is 3.26. The Morgan fingerprint density at radius 1 is 1.00 bits per heavy atom. The number of hydrogen-bond donors (Lipinski definition) is 1. The zero-order chi connectivity index (χ0) is 23.1. The molecule has 0 aliphatic carbocycles. The summed E-state index contributed by atoms with van der Waals surface area (Å²) in [5.74, 6) is 1.88. The fraction of sp³-hybridized carbons (Fsp3) is 0.360. The van der Waals surface area contributed by atoms with Gasteiger partial charge in [-0.25, -0.2) is 4.68 Å². The van der Waals surface area contributed by atoms with E-state index in [0.717, 1.165) is 11.3 Å². The van der Waals surface area contributed by atoms with Crippen molar-refractivity contribution in [3.05, 3.63) is 71.5 Å². The Balaban J connectivity index is 1.48. The molecule has 1 N–H and O–H groups in total. The maximum absolute atomic E-state index is 12.4. The number of hydrogen-bond acceptors (Lipinski definition) is 5. The van der Waals surface area contributed by atoms with E-state index in [1.807, 2.05) is 30.3 Å². The topological polar surface area (TPSA) is 74.6 Å². The molecule has 3 rings (SSSR count). The van der Waals surface area contributed by atoms with E-state index in [9.17, 15) is 4.79 Å². The van der Waals surface area contributed by atoms with Crippen LogP contribution in [0, 0.1) is 0 Å². The Labute approximate surface area is 189 Å². The van der Waals surface area contributed by atoms with E-state index in [2.05, 4.69) is 43.3 Å². The highest BCUT2D eigenvalue weighted by Crippen LogP contribution is 2.27. The highest BCUT2D eigenvalue weighted by atomic mass is 16.5. The summed E-state index contributed by atoms with van der Waals surface area (Å²) in [6.45, 7) is 7.23. The Morgan fingerprint density at radius 3 is 2.38 bits per heavy atom. The van der Waals surface area contributed by atoms with Crippen LogP contribution in [-0.2, 0) is 18.6 Å². The zero-order valence-electron chi connectivity index (χ0n) is 19.3. The lowest BCUT2D eigenvalue weighted by molar-refractivity contribution is 0.0947. The van der Waals surface area contributed by atoms with Crippen LogP contribution in [0.3, 0.4) is 0 Å². The number of nitrogens with one attached hydrogen (secondary N) is 1. The van der Waals surface area contributed by atoms with Crippen molar-refractivity contribution in [2.45, 2.75) is 39.3 Å². The van der Waals surface area contributed by atoms with Crippen LogP contribution in [0.15, 0.2) is 54.7 Å². The van der Waals surface area contributed by atoms with Gasteiger partial charge in [-0.3, -0.25) is 4.79 Å². The van der Waals surface area contributed by atoms with Crippen LogP contribution >= 0.6 is 0 Å². The SMILES string of the molecule is COc1ccc(CCNC(=O)c2ccn(COc3ccc(C(C)(C)C)cc3)n2)cc1OC. The molecule has 7 nitrogen and oxygen atoms in total. The zero-order valence-corrected chi connectivity index (χ0v) is 19.3. The minimum Gasteiger partial charge on any atom is -0.493 e. The van der Waals surface area contributed by atoms with Gasteiger partial charge in [0.05, 0.1) is 14.2 Å². The molecule has 1 amide bonds. The lowest BCUT2D eigenvalue weighted by Crippen LogP contribution is -2.26. The second-order valence-electron chi connectivity index (χ2n) is 8.48. The first-order valence-corrected chi connectivity index (χ1v) is 10.6. The molecule has 0 radical (unpaired) electrons. The van der Waals surface area contributed by atoms with Crippen molar-refractivity contribution in [3.63, 3.8) is 0 Å². The van der Waals surface area contributed by atoms with Crippen LogP contribution in [0.25, 0.3) is 0 Å². The number of methoxy groups -OCH3 is 2. The summed E-state index contributed by atoms with van der Waals surface area (Å²) in [7, 11) is 3.20. The van der Waals surface area contributed by atoms with E-state index >= 15 is 0 Å². The summed E-state index contributed by atoms with van der Waals surface area (Å²) >= 11 is 0. The lowest BCUT2D eigenvalue weighted by atomic mass is 9.87. The van der Waals surface area contributed by atoms with Gasteiger partial charge in [0, 0.05) is 12.7 Å². The lowest BCUT2D eigenvalue weighted by Gasteiger charge is -2.19. The molecule has 7 heteroatoms. The molecular formula is C25H31N3O4. The van der Waals surface area contributed by atoms with Crippen LogP contribution in [0.1, 0.15) is 42.4 Å². The largest absolute Gasteiger partial charge is 0.493 e. The molecule has 0 saturated carbocycles. The van der Waals surface area contributed by atoms with Crippen LogP contribution in [-0.4, -0.2) is 36.5 Å². The first kappa shape index (κ1) is 23.2. The average molecular weight is 438 g/mol. The Morgan fingerprint density at radius 2 is 1.72 bits per heavy atom. The maximum Gasteiger partial charge on any atom is 0.271 e. The molecule has 1 aromatic heterocycles. The van der Waals surface area contributed by atoms with Gasteiger partial charge < -0.3 is 19.5 Å². The van der Waals surface area contributed by atoms with Crippen molar-refractivity contribution < 1.29 is 19.0 Å². The van der Waals surface area contributed by atoms with E-state index in [4.69, 9.17) is 14.2 Å². The van der Waals surface area contributed by atoms with Crippen molar-refractivity contribution in [2.75, 3.05) is 20.8 Å². The van der Waals surface area contributed by atoms with Gasteiger partial charge >= 0.3 is 0 Å². The van der Waals surface area contributed by atoms with E-state index in [-0.39, 0.29) is 18.1 Å². The third kappa shape index (κ3) is 6.03. The van der Waals surface area contributed by atoms with Crippen molar-refractivity contribution in [2.24, 2.45) is 0 Å². The first-order chi connectivity index (χ1) is 15.3. The van der Waals surface area contributed by atoms with Crippen LogP contribution < -0.4 is 19.5 Å². The van der Waals surface area contributed by atoms with Gasteiger partial charge in [0.2, 0.25) is 0 Å². The molecular weight excluding hydrogens is 406 g/mol. The molecule has 0 unspecified atom stereocenters. The van der Waals surface area contributed by atoms with Crippen molar-refractivity contribution >= 4 is 5.91 Å². The molecule has 1 heterocycles. The predicted molar refractivity (Wildman–Crippen MR) is 124 cm³/mol. The van der Waals surface area contributed by atoms with E-state index in [1.54, 1.807) is 31.2 Å². The summed E-state index contributed by atoms with van der Waals surface area (Å²) in [6, 6.07) is 15.4. The minimum absolute atomic E-state index is 0.0994. The number of carbonyl (C=O) groups excluding carboxylic acids is 1. The molecule has 0 saturated heterocycles. The fourth-order valence-corrected chi connectivity index (χ4v) is 3.19. The Kier molecular flexibility index (Phi) is 7.41. The molecule has 3 aromatic rings. The smallest absolute Gasteiger partial charge is 0.271 e. The predicted octanol–water partition coefficient (Wildman–Crippen LogP) is 4.21. The number of ether oxygens (including phenoxy) is 3. The highest BCUT2D eigenvalue weighted by molar-refractivity contribution is 5.92. The quantitative estimate of drug-likeness (QED) is 0.543. The van der Waals surface area contributed by atoms with E-state index in [1.165, 1.54) is 5.56 Å². The van der Waals surface area contributed by atoms with Crippen molar-refractivity contribution in [1.29, 1.82) is 0 Å². The Hall–Kier alpha value is -3.48. The fourth-order valence-electron chi connectivity index (χ4n) is 3.19. The van der Waals surface area contributed by atoms with Gasteiger partial charge in [-0.05, 0) is 53.3 Å². The molecule has 0 spiro atoms. The molecule has 0 fully saturated rings. The van der Waals surface area contributed by atoms with Gasteiger partial charge in [-0.1, -0.05) is 39.0 Å². The standard InChI is InChI=1S/C25H31N3O4/c1-25(2,3)19-7-9-20(10-8-19)32-17-28-15-13-21(27-28)24(29)26-14-12-18-6-11-22(30-4)23(16-18)31-5/h6-11,13,15-16H,12,14,17H2,1-5H3,(H,26,29). The van der Waals surface area contributed by atoms with E-state index in [0.29, 0.717) is 30.2 Å². The molecule has 0 aliphatic rings. The minimum atomic E-state index is -0.223. The van der Waals surface area contributed by atoms with Gasteiger partial charge in [-0.15, -0.1) is 0 Å². The Bertz CT molecular complexity index is 1040. The van der Waals surface area contributed by atoms with Crippen molar-refractivity contribution in [1.82, 2.24) is 15.1 Å². The first-order valence-electron chi connectivity index (χ1n) is 10.6. The molecule has 0 aliphatic heterocycles. The second-order valence-corrected chi connectivity index (χ2v) is 8.48. The number of carbonyl (C=O) groups is 1. The summed E-state index contributed by atoms with van der Waals surface area (Å²) in [5.41, 5.74) is 2.74. The molecule has 0 atom stereocenters. The molecule has 170 valence electrons. The van der Waals surface area contributed by atoms with Gasteiger partial charge in [-0.2, -0.15) is 5.10 Å². The number of benzene rings is 2. The van der Waals surface area contributed by atoms with Gasteiger partial charge in [0.25, 0.3) is 5.91 Å². The molecule has 0 bridgehead atoms. The number of rotatable bonds is 9. The third-order valence-corrected chi connectivity index (χ3v) is 5.10. The molecule has 32 heavy (non-hydrogen) atoms. The van der Waals surface area contributed by atoms with Gasteiger partial charge in [0.1, 0.15) is 11.4 Å². The highest BCUT2D eigenvalue weighted by Gasteiger charge is 2.13. The second kappa shape index (κ2) is 10.2. The van der Waals surface area contributed by atoms with Gasteiger partial charge in [0.15, 0.2) is 18.2 Å². The number of nitrogens with zero attached hydrogens (tertiary/aromatic N) is 2. The normalized spacial score (nSPS) is 11.2. The number of amides is 1.